The largest absolute Gasteiger partial charge is 0.377 e. The van der Waals surface area contributed by atoms with Crippen molar-refractivity contribution in [1.82, 2.24) is 4.98 Å². The number of pyridine rings is 1. The van der Waals surface area contributed by atoms with Gasteiger partial charge in [-0.2, -0.15) is 0 Å². The minimum atomic E-state index is 0.522. The Labute approximate surface area is 93.3 Å². The summed E-state index contributed by atoms with van der Waals surface area (Å²) in [4.78, 5) is 6.54. The van der Waals surface area contributed by atoms with Gasteiger partial charge >= 0.3 is 0 Å². The van der Waals surface area contributed by atoms with E-state index < -0.39 is 0 Å². The van der Waals surface area contributed by atoms with Gasteiger partial charge in [0.25, 0.3) is 0 Å². The van der Waals surface area contributed by atoms with E-state index in [2.05, 4.69) is 51.7 Å². The second-order valence-electron chi connectivity index (χ2n) is 4.87. The van der Waals surface area contributed by atoms with Gasteiger partial charge in [-0.25, -0.2) is 0 Å². The maximum atomic E-state index is 4.34. The normalized spacial score (nSPS) is 11.2. The van der Waals surface area contributed by atoms with Crippen LogP contribution < -0.4 is 4.90 Å². The van der Waals surface area contributed by atoms with Gasteiger partial charge in [0.15, 0.2) is 0 Å². The van der Waals surface area contributed by atoms with E-state index in [4.69, 9.17) is 0 Å². The molecule has 0 N–H and O–H groups in total. The van der Waals surface area contributed by atoms with E-state index in [1.807, 2.05) is 12.4 Å². The molecule has 15 heavy (non-hydrogen) atoms. The SMILES string of the molecule is CC(C)c1cncc(C(C)C)c1N(C)C. The lowest BCUT2D eigenvalue weighted by Crippen LogP contribution is -2.15. The predicted molar refractivity (Wildman–Crippen MR) is 66.7 cm³/mol. The third kappa shape index (κ3) is 2.49. The summed E-state index contributed by atoms with van der Waals surface area (Å²) in [7, 11) is 4.21. The van der Waals surface area contributed by atoms with Crippen LogP contribution in [0, 0.1) is 0 Å². The molecule has 0 aliphatic carbocycles. The molecular weight excluding hydrogens is 184 g/mol. The Hall–Kier alpha value is -1.05. The average Bonchev–Trinajstić information content (AvgIpc) is 2.16. The Bertz CT molecular complexity index is 301. The van der Waals surface area contributed by atoms with E-state index in [9.17, 15) is 0 Å². The summed E-state index contributed by atoms with van der Waals surface area (Å²) in [6, 6.07) is 0. The van der Waals surface area contributed by atoms with Crippen LogP contribution in [-0.2, 0) is 0 Å². The van der Waals surface area contributed by atoms with Crippen LogP contribution in [0.4, 0.5) is 5.69 Å². The Balaban J connectivity index is 3.35. The molecule has 1 aromatic rings. The van der Waals surface area contributed by atoms with Crippen molar-refractivity contribution in [3.63, 3.8) is 0 Å². The lowest BCUT2D eigenvalue weighted by atomic mass is 9.95. The van der Waals surface area contributed by atoms with E-state index in [0.717, 1.165) is 0 Å². The van der Waals surface area contributed by atoms with Gasteiger partial charge in [-0.15, -0.1) is 0 Å². The molecule has 0 amide bonds. The van der Waals surface area contributed by atoms with Crippen molar-refractivity contribution < 1.29 is 0 Å². The molecule has 0 saturated carbocycles. The van der Waals surface area contributed by atoms with Crippen LogP contribution in [0.1, 0.15) is 50.7 Å². The fourth-order valence-corrected chi connectivity index (χ4v) is 1.85. The summed E-state index contributed by atoms with van der Waals surface area (Å²) in [5.41, 5.74) is 4.02. The number of rotatable bonds is 3. The number of hydrogen-bond donors (Lipinski definition) is 0. The van der Waals surface area contributed by atoms with Crippen molar-refractivity contribution in [2.24, 2.45) is 0 Å². The molecule has 0 aliphatic rings. The van der Waals surface area contributed by atoms with Crippen molar-refractivity contribution in [2.75, 3.05) is 19.0 Å². The maximum Gasteiger partial charge on any atom is 0.0462 e. The fourth-order valence-electron chi connectivity index (χ4n) is 1.85. The summed E-state index contributed by atoms with van der Waals surface area (Å²) in [6.07, 6.45) is 3.98. The highest BCUT2D eigenvalue weighted by atomic mass is 15.1. The molecule has 0 spiro atoms. The smallest absolute Gasteiger partial charge is 0.0462 e. The highest BCUT2D eigenvalue weighted by Crippen LogP contribution is 2.32. The zero-order chi connectivity index (χ0) is 11.6. The first kappa shape index (κ1) is 12.0. The Morgan fingerprint density at radius 1 is 0.933 bits per heavy atom. The van der Waals surface area contributed by atoms with Gasteiger partial charge in [0.1, 0.15) is 0 Å². The minimum absolute atomic E-state index is 0.522. The third-order valence-corrected chi connectivity index (χ3v) is 2.67. The zero-order valence-corrected chi connectivity index (χ0v) is 10.7. The molecule has 0 bridgehead atoms. The van der Waals surface area contributed by atoms with Gasteiger partial charge in [-0.05, 0) is 23.0 Å². The van der Waals surface area contributed by atoms with Crippen molar-refractivity contribution in [2.45, 2.75) is 39.5 Å². The summed E-state index contributed by atoms with van der Waals surface area (Å²) in [5.74, 6) is 1.04. The molecule has 0 unspecified atom stereocenters. The molecule has 0 aromatic carbocycles. The standard InChI is InChI=1S/C13H22N2/c1-9(2)11-7-14-8-12(10(3)4)13(11)15(5)6/h7-10H,1-6H3. The molecule has 1 aromatic heterocycles. The monoisotopic (exact) mass is 206 g/mol. The van der Waals surface area contributed by atoms with Gasteiger partial charge in [0, 0.05) is 32.2 Å². The van der Waals surface area contributed by atoms with Crippen molar-refractivity contribution in [3.8, 4) is 0 Å². The van der Waals surface area contributed by atoms with Gasteiger partial charge < -0.3 is 4.90 Å². The van der Waals surface area contributed by atoms with Crippen LogP contribution in [0.5, 0.6) is 0 Å². The number of anilines is 1. The molecule has 0 radical (unpaired) electrons. The molecule has 0 saturated heterocycles. The fraction of sp³-hybridized carbons (Fsp3) is 0.615. The average molecular weight is 206 g/mol. The van der Waals surface area contributed by atoms with Crippen LogP contribution in [0.15, 0.2) is 12.4 Å². The number of hydrogen-bond acceptors (Lipinski definition) is 2. The van der Waals surface area contributed by atoms with E-state index >= 15 is 0 Å². The summed E-state index contributed by atoms with van der Waals surface area (Å²) >= 11 is 0. The second kappa shape index (κ2) is 4.65. The van der Waals surface area contributed by atoms with Gasteiger partial charge in [0.05, 0.1) is 0 Å². The predicted octanol–water partition coefficient (Wildman–Crippen LogP) is 3.39. The van der Waals surface area contributed by atoms with E-state index in [1.165, 1.54) is 16.8 Å². The molecule has 2 heteroatoms. The molecule has 0 aliphatic heterocycles. The van der Waals surface area contributed by atoms with Crippen LogP contribution in [0.2, 0.25) is 0 Å². The second-order valence-corrected chi connectivity index (χ2v) is 4.87. The van der Waals surface area contributed by atoms with E-state index in [0.29, 0.717) is 11.8 Å². The highest BCUT2D eigenvalue weighted by molar-refractivity contribution is 5.59. The van der Waals surface area contributed by atoms with Gasteiger partial charge in [0.2, 0.25) is 0 Å². The molecular formula is C13H22N2. The van der Waals surface area contributed by atoms with Crippen LogP contribution >= 0.6 is 0 Å². The molecule has 0 atom stereocenters. The molecule has 0 fully saturated rings. The Morgan fingerprint density at radius 3 is 1.60 bits per heavy atom. The Kier molecular flexibility index (Phi) is 3.72. The number of nitrogens with zero attached hydrogens (tertiary/aromatic N) is 2. The molecule has 1 heterocycles. The van der Waals surface area contributed by atoms with Crippen molar-refractivity contribution in [3.05, 3.63) is 23.5 Å². The summed E-state index contributed by atoms with van der Waals surface area (Å²) in [5, 5.41) is 0. The molecule has 2 nitrogen and oxygen atoms in total. The van der Waals surface area contributed by atoms with E-state index in [-0.39, 0.29) is 0 Å². The lowest BCUT2D eigenvalue weighted by Gasteiger charge is -2.24. The molecule has 84 valence electrons. The quantitative estimate of drug-likeness (QED) is 0.753. The maximum absolute atomic E-state index is 4.34. The first-order chi connectivity index (χ1) is 6.95. The lowest BCUT2D eigenvalue weighted by molar-refractivity contribution is 0.810. The summed E-state index contributed by atoms with van der Waals surface area (Å²) < 4.78 is 0. The topological polar surface area (TPSA) is 16.1 Å². The van der Waals surface area contributed by atoms with Crippen molar-refractivity contribution in [1.29, 1.82) is 0 Å². The highest BCUT2D eigenvalue weighted by Gasteiger charge is 2.15. The summed E-state index contributed by atoms with van der Waals surface area (Å²) in [6.45, 7) is 8.87. The Morgan fingerprint density at radius 2 is 1.33 bits per heavy atom. The van der Waals surface area contributed by atoms with Gasteiger partial charge in [-0.3, -0.25) is 4.98 Å². The number of aromatic nitrogens is 1. The zero-order valence-electron chi connectivity index (χ0n) is 10.7. The van der Waals surface area contributed by atoms with Crippen LogP contribution in [0.3, 0.4) is 0 Å². The van der Waals surface area contributed by atoms with Crippen LogP contribution in [0.25, 0.3) is 0 Å². The van der Waals surface area contributed by atoms with E-state index in [1.54, 1.807) is 0 Å². The minimum Gasteiger partial charge on any atom is -0.377 e. The van der Waals surface area contributed by atoms with Gasteiger partial charge in [-0.1, -0.05) is 27.7 Å². The van der Waals surface area contributed by atoms with Crippen LogP contribution in [-0.4, -0.2) is 19.1 Å². The first-order valence-electron chi connectivity index (χ1n) is 5.60. The molecule has 1 rings (SSSR count). The third-order valence-electron chi connectivity index (χ3n) is 2.67. The first-order valence-corrected chi connectivity index (χ1v) is 5.60. The van der Waals surface area contributed by atoms with Crippen molar-refractivity contribution >= 4 is 5.69 Å².